The Morgan fingerprint density at radius 1 is 1.29 bits per heavy atom. The summed E-state index contributed by atoms with van der Waals surface area (Å²) in [6.07, 6.45) is -0.502. The molecule has 2 rings (SSSR count). The third-order valence-corrected chi connectivity index (χ3v) is 3.70. The first-order chi connectivity index (χ1) is 9.52. The van der Waals surface area contributed by atoms with Gasteiger partial charge in [0.15, 0.2) is 0 Å². The van der Waals surface area contributed by atoms with E-state index >= 15 is 0 Å². The first-order valence-electron chi connectivity index (χ1n) is 6.95. The van der Waals surface area contributed by atoms with Crippen molar-refractivity contribution in [1.82, 2.24) is 4.90 Å². The van der Waals surface area contributed by atoms with Crippen LogP contribution in [-0.4, -0.2) is 29.5 Å². The summed E-state index contributed by atoms with van der Waals surface area (Å²) in [7, 11) is 1.78. The zero-order valence-corrected chi connectivity index (χ0v) is 13.4. The van der Waals surface area contributed by atoms with Crippen molar-refractivity contribution >= 4 is 17.7 Å². The van der Waals surface area contributed by atoms with Crippen LogP contribution in [0.5, 0.6) is 0 Å². The van der Waals surface area contributed by atoms with Crippen molar-refractivity contribution in [2.75, 3.05) is 12.4 Å². The molecule has 0 fully saturated rings. The number of carbonyl (C=O) groups excluding carboxylic acids is 2. The van der Waals surface area contributed by atoms with E-state index in [1.807, 2.05) is 40.7 Å². The van der Waals surface area contributed by atoms with Crippen LogP contribution in [0.25, 0.3) is 0 Å². The van der Waals surface area contributed by atoms with Gasteiger partial charge in [-0.15, -0.1) is 0 Å². The molecule has 0 bridgehead atoms. The van der Waals surface area contributed by atoms with Crippen LogP contribution in [0.15, 0.2) is 18.2 Å². The van der Waals surface area contributed by atoms with Crippen LogP contribution in [-0.2, 0) is 10.3 Å². The van der Waals surface area contributed by atoms with Crippen molar-refractivity contribution in [2.45, 2.75) is 45.8 Å². The van der Waals surface area contributed by atoms with Crippen LogP contribution in [0.1, 0.15) is 50.5 Å². The van der Waals surface area contributed by atoms with Gasteiger partial charge in [0.05, 0.1) is 5.54 Å². The predicted octanol–water partition coefficient (Wildman–Crippen LogP) is 3.35. The standard InChI is InChI=1S/C16H22N2O3/c1-15(2,3)21-14(20)17-10-7-8-11-12(9-10)16(4,5)18(6)13(11)19/h7-9H,1-6H3,(H,17,20). The Hall–Kier alpha value is -2.04. The average Bonchev–Trinajstić information content (AvgIpc) is 2.49. The maximum atomic E-state index is 12.1. The number of nitrogens with zero attached hydrogens (tertiary/aromatic N) is 1. The number of ether oxygens (including phenoxy) is 1. The quantitative estimate of drug-likeness (QED) is 0.862. The van der Waals surface area contributed by atoms with Gasteiger partial charge in [-0.25, -0.2) is 4.79 Å². The highest BCUT2D eigenvalue weighted by molar-refractivity contribution is 6.00. The Morgan fingerprint density at radius 3 is 2.48 bits per heavy atom. The zero-order valence-electron chi connectivity index (χ0n) is 13.4. The predicted molar refractivity (Wildman–Crippen MR) is 81.4 cm³/mol. The maximum Gasteiger partial charge on any atom is 0.412 e. The Kier molecular flexibility index (Phi) is 3.48. The Bertz CT molecular complexity index is 600. The molecule has 1 N–H and O–H groups in total. The lowest BCUT2D eigenvalue weighted by atomic mass is 9.93. The van der Waals surface area contributed by atoms with Gasteiger partial charge in [-0.1, -0.05) is 0 Å². The number of benzene rings is 1. The highest BCUT2D eigenvalue weighted by Gasteiger charge is 2.40. The van der Waals surface area contributed by atoms with Gasteiger partial charge >= 0.3 is 6.09 Å². The smallest absolute Gasteiger partial charge is 0.412 e. The van der Waals surface area contributed by atoms with Crippen LogP contribution in [0.4, 0.5) is 10.5 Å². The van der Waals surface area contributed by atoms with Crippen molar-refractivity contribution in [3.63, 3.8) is 0 Å². The van der Waals surface area contributed by atoms with Crippen LogP contribution < -0.4 is 5.32 Å². The summed E-state index contributed by atoms with van der Waals surface area (Å²) in [6, 6.07) is 5.30. The molecule has 0 atom stereocenters. The molecule has 0 radical (unpaired) electrons. The van der Waals surface area contributed by atoms with E-state index < -0.39 is 17.2 Å². The summed E-state index contributed by atoms with van der Waals surface area (Å²) in [5.74, 6) is -0.00109. The largest absolute Gasteiger partial charge is 0.444 e. The van der Waals surface area contributed by atoms with Crippen LogP contribution in [0.2, 0.25) is 0 Å². The van der Waals surface area contributed by atoms with E-state index in [-0.39, 0.29) is 5.91 Å². The molecular weight excluding hydrogens is 268 g/mol. The van der Waals surface area contributed by atoms with Gasteiger partial charge < -0.3 is 9.64 Å². The second kappa shape index (κ2) is 4.76. The van der Waals surface area contributed by atoms with Gasteiger partial charge in [-0.05, 0) is 58.4 Å². The summed E-state index contributed by atoms with van der Waals surface area (Å²) in [5, 5.41) is 2.70. The van der Waals surface area contributed by atoms with Crippen LogP contribution in [0, 0.1) is 0 Å². The Labute approximate surface area is 125 Å². The number of hydrogen-bond donors (Lipinski definition) is 1. The van der Waals surface area contributed by atoms with Gasteiger partial charge in [0, 0.05) is 18.3 Å². The fourth-order valence-corrected chi connectivity index (χ4v) is 2.35. The number of rotatable bonds is 1. The van der Waals surface area contributed by atoms with E-state index in [0.717, 1.165) is 5.56 Å². The molecule has 0 aromatic heterocycles. The summed E-state index contributed by atoms with van der Waals surface area (Å²) < 4.78 is 5.23. The van der Waals surface area contributed by atoms with E-state index in [1.54, 1.807) is 24.1 Å². The average molecular weight is 290 g/mol. The second-order valence-electron chi connectivity index (χ2n) is 6.81. The molecule has 2 amide bonds. The first-order valence-corrected chi connectivity index (χ1v) is 6.95. The number of fused-ring (bicyclic) bond motifs is 1. The summed E-state index contributed by atoms with van der Waals surface area (Å²) in [5.41, 5.74) is 1.27. The molecule has 5 nitrogen and oxygen atoms in total. The number of anilines is 1. The highest BCUT2D eigenvalue weighted by Crippen LogP contribution is 2.38. The highest BCUT2D eigenvalue weighted by atomic mass is 16.6. The lowest BCUT2D eigenvalue weighted by Crippen LogP contribution is -2.35. The van der Waals surface area contributed by atoms with E-state index in [2.05, 4.69) is 5.32 Å². The van der Waals surface area contributed by atoms with Gasteiger partial charge in [0.25, 0.3) is 5.91 Å². The Morgan fingerprint density at radius 2 is 1.90 bits per heavy atom. The first kappa shape index (κ1) is 15.4. The minimum absolute atomic E-state index is 0.00109. The van der Waals surface area contributed by atoms with Crippen molar-refractivity contribution in [3.05, 3.63) is 29.3 Å². The third-order valence-electron chi connectivity index (χ3n) is 3.70. The molecule has 1 heterocycles. The molecule has 0 aliphatic carbocycles. The molecule has 1 aromatic rings. The molecule has 114 valence electrons. The van der Waals surface area contributed by atoms with Crippen molar-refractivity contribution in [3.8, 4) is 0 Å². The monoisotopic (exact) mass is 290 g/mol. The normalized spacial score (nSPS) is 16.7. The molecule has 0 spiro atoms. The molecular formula is C16H22N2O3. The molecule has 1 aliphatic rings. The molecule has 1 aromatic carbocycles. The zero-order chi connectivity index (χ0) is 16.0. The molecule has 0 saturated heterocycles. The third kappa shape index (κ3) is 2.86. The molecule has 0 unspecified atom stereocenters. The topological polar surface area (TPSA) is 58.6 Å². The fraction of sp³-hybridized carbons (Fsp3) is 0.500. The van der Waals surface area contributed by atoms with Crippen LogP contribution in [0.3, 0.4) is 0 Å². The van der Waals surface area contributed by atoms with E-state index in [4.69, 9.17) is 4.74 Å². The van der Waals surface area contributed by atoms with Gasteiger partial charge in [0.2, 0.25) is 0 Å². The SMILES string of the molecule is CN1C(=O)c2ccc(NC(=O)OC(C)(C)C)cc2C1(C)C. The van der Waals surface area contributed by atoms with E-state index in [9.17, 15) is 9.59 Å². The van der Waals surface area contributed by atoms with Crippen molar-refractivity contribution in [1.29, 1.82) is 0 Å². The minimum Gasteiger partial charge on any atom is -0.444 e. The second-order valence-corrected chi connectivity index (χ2v) is 6.81. The molecule has 1 aliphatic heterocycles. The molecule has 5 heteroatoms. The number of amides is 2. The summed E-state index contributed by atoms with van der Waals surface area (Å²) >= 11 is 0. The number of hydrogen-bond acceptors (Lipinski definition) is 3. The lowest BCUT2D eigenvalue weighted by molar-refractivity contribution is 0.0633. The van der Waals surface area contributed by atoms with Crippen LogP contribution >= 0.6 is 0 Å². The lowest BCUT2D eigenvalue weighted by Gasteiger charge is -2.28. The van der Waals surface area contributed by atoms with Crippen molar-refractivity contribution < 1.29 is 14.3 Å². The Balaban J connectivity index is 2.25. The minimum atomic E-state index is -0.545. The number of nitrogens with one attached hydrogen (secondary N) is 1. The van der Waals surface area contributed by atoms with E-state index in [1.165, 1.54) is 0 Å². The maximum absolute atomic E-state index is 12.1. The van der Waals surface area contributed by atoms with Gasteiger partial charge in [-0.2, -0.15) is 0 Å². The van der Waals surface area contributed by atoms with Gasteiger partial charge in [-0.3, -0.25) is 10.1 Å². The van der Waals surface area contributed by atoms with Gasteiger partial charge in [0.1, 0.15) is 5.60 Å². The fourth-order valence-electron chi connectivity index (χ4n) is 2.35. The molecule has 21 heavy (non-hydrogen) atoms. The summed E-state index contributed by atoms with van der Waals surface area (Å²) in [6.45, 7) is 9.39. The van der Waals surface area contributed by atoms with Crippen molar-refractivity contribution in [2.24, 2.45) is 0 Å². The molecule has 0 saturated carbocycles. The van der Waals surface area contributed by atoms with E-state index in [0.29, 0.717) is 11.3 Å². The summed E-state index contributed by atoms with van der Waals surface area (Å²) in [4.78, 5) is 25.7. The number of carbonyl (C=O) groups is 2.